The van der Waals surface area contributed by atoms with E-state index in [4.69, 9.17) is 14.2 Å². The number of allylic oxidation sites excluding steroid dienone is 4. The molecule has 1 aliphatic carbocycles. The Labute approximate surface area is 200 Å². The second-order valence-corrected chi connectivity index (χ2v) is 7.21. The maximum atomic E-state index is 13.2. The van der Waals surface area contributed by atoms with Crippen molar-refractivity contribution >= 4 is 5.57 Å². The molecule has 0 saturated carbocycles. The SMILES string of the molecule is CC.CC.CC1=C(/C=C2\COCO2)C(CO)CC(O/C=C(\C)c2ncccc2C(F)(F)F)C=C1. The number of aromatic nitrogens is 1. The van der Waals surface area contributed by atoms with Crippen LogP contribution in [0.15, 0.2) is 59.7 Å². The van der Waals surface area contributed by atoms with E-state index >= 15 is 0 Å². The Kier molecular flexibility index (Phi) is 12.7. The van der Waals surface area contributed by atoms with E-state index in [1.54, 1.807) is 0 Å². The number of aliphatic hydroxyl groups is 1. The molecule has 190 valence electrons. The number of nitrogens with zero attached hydrogens (tertiary/aromatic N) is 1. The van der Waals surface area contributed by atoms with Crippen LogP contribution in [0.25, 0.3) is 5.57 Å². The van der Waals surface area contributed by atoms with Crippen LogP contribution in [-0.2, 0) is 20.4 Å². The third-order valence-electron chi connectivity index (χ3n) is 4.99. The first-order valence-corrected chi connectivity index (χ1v) is 11.6. The molecule has 8 heteroatoms. The molecule has 0 amide bonds. The normalized spacial score (nSPS) is 21.7. The van der Waals surface area contributed by atoms with Crippen LogP contribution in [0.4, 0.5) is 13.2 Å². The highest BCUT2D eigenvalue weighted by molar-refractivity contribution is 5.62. The molecule has 2 heterocycles. The van der Waals surface area contributed by atoms with Crippen LogP contribution in [0.1, 0.15) is 59.2 Å². The summed E-state index contributed by atoms with van der Waals surface area (Å²) in [7, 11) is 0. The summed E-state index contributed by atoms with van der Waals surface area (Å²) in [6.45, 7) is 11.9. The third-order valence-corrected chi connectivity index (χ3v) is 4.99. The Hall–Kier alpha value is -2.58. The van der Waals surface area contributed by atoms with Gasteiger partial charge >= 0.3 is 6.18 Å². The van der Waals surface area contributed by atoms with Gasteiger partial charge in [-0.05, 0) is 55.7 Å². The Morgan fingerprint density at radius 1 is 1.26 bits per heavy atom. The molecule has 0 aromatic carbocycles. The molecule has 0 bridgehead atoms. The fourth-order valence-electron chi connectivity index (χ4n) is 3.41. The van der Waals surface area contributed by atoms with Crippen LogP contribution >= 0.6 is 0 Å². The molecule has 3 rings (SSSR count). The summed E-state index contributed by atoms with van der Waals surface area (Å²) in [5.74, 6) is 0.483. The molecule has 1 aliphatic heterocycles. The lowest BCUT2D eigenvalue weighted by atomic mass is 9.92. The predicted octanol–water partition coefficient (Wildman–Crippen LogP) is 6.67. The van der Waals surface area contributed by atoms with Gasteiger partial charge in [0, 0.05) is 17.7 Å². The van der Waals surface area contributed by atoms with Crippen LogP contribution < -0.4 is 0 Å². The van der Waals surface area contributed by atoms with E-state index in [-0.39, 0.29) is 30.6 Å². The average Bonchev–Trinajstić information content (AvgIpc) is 3.32. The third kappa shape index (κ3) is 8.33. The molecule has 1 fully saturated rings. The molecule has 0 spiro atoms. The van der Waals surface area contributed by atoms with E-state index in [0.717, 1.165) is 17.2 Å². The second kappa shape index (κ2) is 14.6. The van der Waals surface area contributed by atoms with Crippen molar-refractivity contribution in [1.82, 2.24) is 4.98 Å². The zero-order valence-electron chi connectivity index (χ0n) is 20.8. The largest absolute Gasteiger partial charge is 0.494 e. The van der Waals surface area contributed by atoms with Gasteiger partial charge in [0.15, 0.2) is 6.79 Å². The predicted molar refractivity (Wildman–Crippen MR) is 127 cm³/mol. The molecule has 1 aromatic heterocycles. The summed E-state index contributed by atoms with van der Waals surface area (Å²) in [5.41, 5.74) is 1.17. The van der Waals surface area contributed by atoms with Gasteiger partial charge in [-0.3, -0.25) is 4.98 Å². The van der Waals surface area contributed by atoms with E-state index in [0.29, 0.717) is 18.8 Å². The Morgan fingerprint density at radius 2 is 1.97 bits per heavy atom. The summed E-state index contributed by atoms with van der Waals surface area (Å²) >= 11 is 0. The van der Waals surface area contributed by atoms with Gasteiger partial charge in [-0.1, -0.05) is 33.8 Å². The van der Waals surface area contributed by atoms with Gasteiger partial charge in [0.25, 0.3) is 0 Å². The number of hydrogen-bond donors (Lipinski definition) is 1. The zero-order valence-corrected chi connectivity index (χ0v) is 20.8. The topological polar surface area (TPSA) is 60.8 Å². The van der Waals surface area contributed by atoms with Crippen molar-refractivity contribution in [3.63, 3.8) is 0 Å². The van der Waals surface area contributed by atoms with Gasteiger partial charge in [0.1, 0.15) is 18.5 Å². The summed E-state index contributed by atoms with van der Waals surface area (Å²) < 4.78 is 56.0. The first kappa shape index (κ1) is 29.5. The van der Waals surface area contributed by atoms with Crippen LogP contribution in [0.2, 0.25) is 0 Å². The second-order valence-electron chi connectivity index (χ2n) is 7.21. The van der Waals surface area contributed by atoms with Crippen LogP contribution in [0.3, 0.4) is 0 Å². The number of alkyl halides is 3. The van der Waals surface area contributed by atoms with E-state index in [1.807, 2.05) is 52.8 Å². The highest BCUT2D eigenvalue weighted by Crippen LogP contribution is 2.34. The summed E-state index contributed by atoms with van der Waals surface area (Å²) in [6, 6.07) is 2.25. The molecule has 0 radical (unpaired) electrons. The molecule has 2 aliphatic rings. The quantitative estimate of drug-likeness (QED) is 0.474. The van der Waals surface area contributed by atoms with Gasteiger partial charge in [-0.15, -0.1) is 0 Å². The molecular formula is C26H36F3NO4. The van der Waals surface area contributed by atoms with Crippen molar-refractivity contribution < 1.29 is 32.5 Å². The number of ether oxygens (including phenoxy) is 3. The number of halogens is 3. The van der Waals surface area contributed by atoms with E-state index in [1.165, 1.54) is 25.4 Å². The number of rotatable bonds is 5. The Bertz CT molecular complexity index is 880. The number of hydrogen-bond acceptors (Lipinski definition) is 5. The first-order chi connectivity index (χ1) is 16.3. The van der Waals surface area contributed by atoms with E-state index < -0.39 is 17.8 Å². The van der Waals surface area contributed by atoms with Gasteiger partial charge in [0.2, 0.25) is 0 Å². The first-order valence-electron chi connectivity index (χ1n) is 11.6. The van der Waals surface area contributed by atoms with Crippen molar-refractivity contribution in [1.29, 1.82) is 0 Å². The smallest absolute Gasteiger partial charge is 0.418 e. The van der Waals surface area contributed by atoms with Crippen molar-refractivity contribution in [2.45, 2.75) is 60.2 Å². The maximum absolute atomic E-state index is 13.2. The molecule has 2 atom stereocenters. The van der Waals surface area contributed by atoms with Crippen molar-refractivity contribution in [2.24, 2.45) is 5.92 Å². The molecule has 1 N–H and O–H groups in total. The van der Waals surface area contributed by atoms with Gasteiger partial charge < -0.3 is 19.3 Å². The highest BCUT2D eigenvalue weighted by Gasteiger charge is 2.34. The average molecular weight is 484 g/mol. The van der Waals surface area contributed by atoms with Crippen molar-refractivity contribution in [3.05, 3.63) is 71.0 Å². The van der Waals surface area contributed by atoms with Gasteiger partial charge in [-0.25, -0.2) is 0 Å². The Morgan fingerprint density at radius 3 is 2.56 bits per heavy atom. The lowest BCUT2D eigenvalue weighted by molar-refractivity contribution is -0.138. The van der Waals surface area contributed by atoms with Crippen molar-refractivity contribution in [2.75, 3.05) is 20.0 Å². The standard InChI is InChI=1S/C22H24F3NO4.2C2H6/c1-14-5-6-17(8-16(10-27)19(14)9-18-12-28-13-30-18)29-11-15(2)21-20(22(23,24)25)4-3-7-26-21;2*1-2/h3-7,9,11,16-17,27H,8,10,12-13H2,1-2H3;2*1-2H3/b15-11+,18-9+;;. The summed E-state index contributed by atoms with van der Waals surface area (Å²) in [4.78, 5) is 3.87. The fraction of sp³-hybridized carbons (Fsp3) is 0.500. The fourth-order valence-corrected chi connectivity index (χ4v) is 3.41. The number of pyridine rings is 1. The molecule has 1 saturated heterocycles. The van der Waals surface area contributed by atoms with Crippen LogP contribution in [0.5, 0.6) is 0 Å². The van der Waals surface area contributed by atoms with Crippen molar-refractivity contribution in [3.8, 4) is 0 Å². The minimum Gasteiger partial charge on any atom is -0.494 e. The lowest BCUT2D eigenvalue weighted by Crippen LogP contribution is -2.17. The minimum atomic E-state index is -4.50. The molecular weight excluding hydrogens is 447 g/mol. The van der Waals surface area contributed by atoms with Gasteiger partial charge in [-0.2, -0.15) is 13.2 Å². The van der Waals surface area contributed by atoms with Crippen LogP contribution in [-0.4, -0.2) is 36.2 Å². The van der Waals surface area contributed by atoms with E-state index in [2.05, 4.69) is 4.98 Å². The molecule has 2 unspecified atom stereocenters. The van der Waals surface area contributed by atoms with Crippen LogP contribution in [0, 0.1) is 5.92 Å². The lowest BCUT2D eigenvalue weighted by Gasteiger charge is -2.20. The molecule has 5 nitrogen and oxygen atoms in total. The summed E-state index contributed by atoms with van der Waals surface area (Å²) in [5, 5.41) is 9.91. The zero-order chi connectivity index (χ0) is 25.7. The molecule has 1 aromatic rings. The monoisotopic (exact) mass is 483 g/mol. The molecule has 34 heavy (non-hydrogen) atoms. The van der Waals surface area contributed by atoms with E-state index in [9.17, 15) is 18.3 Å². The highest BCUT2D eigenvalue weighted by atomic mass is 19.4. The Balaban J connectivity index is 0.00000137. The van der Waals surface area contributed by atoms with Gasteiger partial charge in [0.05, 0.1) is 24.1 Å². The maximum Gasteiger partial charge on any atom is 0.418 e. The number of aliphatic hydroxyl groups excluding tert-OH is 1. The minimum absolute atomic E-state index is 0.0972. The summed E-state index contributed by atoms with van der Waals surface area (Å²) in [6.07, 6.45) is 3.75.